The predicted octanol–water partition coefficient (Wildman–Crippen LogP) is 1.94. The van der Waals surface area contributed by atoms with Crippen LogP contribution in [0.1, 0.15) is 27.7 Å². The van der Waals surface area contributed by atoms with Crippen molar-refractivity contribution in [2.24, 2.45) is 11.8 Å². The van der Waals surface area contributed by atoms with E-state index in [2.05, 4.69) is 6.58 Å². The number of hydrogen-bond donors (Lipinski definition) is 0. The molecule has 0 heterocycles. The molecule has 0 aromatic rings. The molecule has 0 amide bonds. The molecule has 0 spiro atoms. The summed E-state index contributed by atoms with van der Waals surface area (Å²) < 4.78 is 9.71. The van der Waals surface area contributed by atoms with Crippen molar-refractivity contribution in [2.75, 3.05) is 13.2 Å². The third-order valence-corrected chi connectivity index (χ3v) is 1.59. The zero-order valence-corrected chi connectivity index (χ0v) is 10.4. The minimum absolute atomic E-state index is 0.225. The maximum absolute atomic E-state index is 11.3. The lowest BCUT2D eigenvalue weighted by molar-refractivity contribution is -0.148. The fourth-order valence-electron chi connectivity index (χ4n) is 0.742. The summed E-state index contributed by atoms with van der Waals surface area (Å²) in [4.78, 5) is 22.6. The van der Waals surface area contributed by atoms with E-state index in [1.807, 2.05) is 27.7 Å². The van der Waals surface area contributed by atoms with Crippen LogP contribution in [0, 0.1) is 11.8 Å². The van der Waals surface area contributed by atoms with Crippen LogP contribution in [0.15, 0.2) is 12.2 Å². The van der Waals surface area contributed by atoms with Crippen molar-refractivity contribution >= 4 is 11.9 Å². The van der Waals surface area contributed by atoms with Gasteiger partial charge in [-0.1, -0.05) is 34.3 Å². The Hall–Kier alpha value is -1.32. The Morgan fingerprint density at radius 1 is 0.938 bits per heavy atom. The summed E-state index contributed by atoms with van der Waals surface area (Å²) in [6.45, 7) is 11.5. The molecular formula is C12H20O4. The fraction of sp³-hybridized carbons (Fsp3) is 0.667. The Bertz CT molecular complexity index is 240. The summed E-state index contributed by atoms with van der Waals surface area (Å²) in [6.07, 6.45) is 0. The van der Waals surface area contributed by atoms with Gasteiger partial charge in [0, 0.05) is 0 Å². The first-order valence-corrected chi connectivity index (χ1v) is 5.37. The minimum atomic E-state index is -0.706. The van der Waals surface area contributed by atoms with Crippen LogP contribution in [0.3, 0.4) is 0 Å². The second-order valence-electron chi connectivity index (χ2n) is 4.46. The molecule has 0 unspecified atom stereocenters. The Morgan fingerprint density at radius 3 is 1.50 bits per heavy atom. The first-order chi connectivity index (χ1) is 7.34. The van der Waals surface area contributed by atoms with E-state index < -0.39 is 11.9 Å². The molecule has 0 atom stereocenters. The number of ether oxygens (including phenoxy) is 2. The summed E-state index contributed by atoms with van der Waals surface area (Å²) in [7, 11) is 0. The molecule has 0 aromatic carbocycles. The summed E-state index contributed by atoms with van der Waals surface area (Å²) in [6, 6.07) is 0. The van der Waals surface area contributed by atoms with E-state index >= 15 is 0 Å². The molecule has 16 heavy (non-hydrogen) atoms. The third-order valence-electron chi connectivity index (χ3n) is 1.59. The van der Waals surface area contributed by atoms with Crippen molar-refractivity contribution in [3.8, 4) is 0 Å². The Kier molecular flexibility index (Phi) is 6.46. The molecule has 4 heteroatoms. The van der Waals surface area contributed by atoms with Crippen molar-refractivity contribution in [3.63, 3.8) is 0 Å². The van der Waals surface area contributed by atoms with Gasteiger partial charge in [-0.3, -0.25) is 0 Å². The first kappa shape index (κ1) is 14.7. The number of esters is 2. The molecule has 0 fully saturated rings. The number of hydrogen-bond acceptors (Lipinski definition) is 4. The molecule has 0 saturated carbocycles. The molecule has 0 radical (unpaired) electrons. The lowest BCUT2D eigenvalue weighted by Crippen LogP contribution is -2.20. The van der Waals surface area contributed by atoms with Crippen molar-refractivity contribution < 1.29 is 19.1 Å². The van der Waals surface area contributed by atoms with E-state index in [0.29, 0.717) is 0 Å². The summed E-state index contributed by atoms with van der Waals surface area (Å²) in [5.41, 5.74) is -0.249. The van der Waals surface area contributed by atoms with E-state index in [1.54, 1.807) is 0 Å². The maximum Gasteiger partial charge on any atom is 0.344 e. The molecule has 0 rings (SSSR count). The van der Waals surface area contributed by atoms with Crippen LogP contribution in [0.25, 0.3) is 0 Å². The monoisotopic (exact) mass is 228 g/mol. The van der Waals surface area contributed by atoms with Gasteiger partial charge in [0.05, 0.1) is 13.2 Å². The van der Waals surface area contributed by atoms with Gasteiger partial charge in [0.25, 0.3) is 0 Å². The van der Waals surface area contributed by atoms with Crippen LogP contribution in [0.5, 0.6) is 0 Å². The SMILES string of the molecule is C=C(C(=O)OCC(C)C)C(=O)OCC(C)C. The predicted molar refractivity (Wildman–Crippen MR) is 60.7 cm³/mol. The van der Waals surface area contributed by atoms with Crippen molar-refractivity contribution in [1.82, 2.24) is 0 Å². The second kappa shape index (κ2) is 7.04. The van der Waals surface area contributed by atoms with Gasteiger partial charge in [0.2, 0.25) is 0 Å². The van der Waals surface area contributed by atoms with E-state index in [0.717, 1.165) is 0 Å². The highest BCUT2D eigenvalue weighted by atomic mass is 16.6. The van der Waals surface area contributed by atoms with Gasteiger partial charge in [-0.25, -0.2) is 9.59 Å². The van der Waals surface area contributed by atoms with Gasteiger partial charge in [-0.15, -0.1) is 0 Å². The lowest BCUT2D eigenvalue weighted by Gasteiger charge is -2.10. The Balaban J connectivity index is 4.02. The van der Waals surface area contributed by atoms with Gasteiger partial charge in [0.1, 0.15) is 5.57 Å². The van der Waals surface area contributed by atoms with Gasteiger partial charge in [-0.05, 0) is 11.8 Å². The van der Waals surface area contributed by atoms with E-state index in [9.17, 15) is 9.59 Å². The van der Waals surface area contributed by atoms with Crippen LogP contribution in [0.4, 0.5) is 0 Å². The van der Waals surface area contributed by atoms with Crippen molar-refractivity contribution in [3.05, 3.63) is 12.2 Å². The van der Waals surface area contributed by atoms with E-state index in [-0.39, 0.29) is 30.6 Å². The third kappa shape index (κ3) is 6.22. The molecule has 0 bridgehead atoms. The van der Waals surface area contributed by atoms with Crippen LogP contribution in [-0.4, -0.2) is 25.2 Å². The van der Waals surface area contributed by atoms with Crippen LogP contribution in [0.2, 0.25) is 0 Å². The fourth-order valence-corrected chi connectivity index (χ4v) is 0.742. The molecule has 92 valence electrons. The molecule has 0 aliphatic carbocycles. The Morgan fingerprint density at radius 2 is 1.25 bits per heavy atom. The molecule has 0 aliphatic rings. The summed E-state index contributed by atoms with van der Waals surface area (Å²) in [5, 5.41) is 0. The summed E-state index contributed by atoms with van der Waals surface area (Å²) in [5.74, 6) is -0.961. The number of rotatable bonds is 6. The lowest BCUT2D eigenvalue weighted by atomic mass is 10.2. The van der Waals surface area contributed by atoms with Crippen molar-refractivity contribution in [2.45, 2.75) is 27.7 Å². The van der Waals surface area contributed by atoms with Crippen molar-refractivity contribution in [1.29, 1.82) is 0 Å². The van der Waals surface area contributed by atoms with E-state index in [4.69, 9.17) is 9.47 Å². The molecule has 0 N–H and O–H groups in total. The zero-order valence-electron chi connectivity index (χ0n) is 10.4. The molecule has 0 aliphatic heterocycles. The van der Waals surface area contributed by atoms with Gasteiger partial charge in [-0.2, -0.15) is 0 Å². The largest absolute Gasteiger partial charge is 0.462 e. The Labute approximate surface area is 96.6 Å². The van der Waals surface area contributed by atoms with Gasteiger partial charge < -0.3 is 9.47 Å². The quantitative estimate of drug-likeness (QED) is 0.302. The average molecular weight is 228 g/mol. The highest BCUT2D eigenvalue weighted by molar-refractivity contribution is 6.13. The maximum atomic E-state index is 11.3. The molecule has 0 saturated heterocycles. The van der Waals surface area contributed by atoms with Crippen LogP contribution >= 0.6 is 0 Å². The normalized spacial score (nSPS) is 10.4. The molecule has 4 nitrogen and oxygen atoms in total. The van der Waals surface area contributed by atoms with Crippen LogP contribution < -0.4 is 0 Å². The molecular weight excluding hydrogens is 208 g/mol. The highest BCUT2D eigenvalue weighted by Crippen LogP contribution is 2.03. The second-order valence-corrected chi connectivity index (χ2v) is 4.46. The number of carbonyl (C=O) groups excluding carboxylic acids is 2. The highest BCUT2D eigenvalue weighted by Gasteiger charge is 2.19. The zero-order chi connectivity index (χ0) is 12.7. The average Bonchev–Trinajstić information content (AvgIpc) is 2.21. The minimum Gasteiger partial charge on any atom is -0.462 e. The summed E-state index contributed by atoms with van der Waals surface area (Å²) >= 11 is 0. The molecule has 0 aromatic heterocycles. The standard InChI is InChI=1S/C12H20O4/c1-8(2)6-15-11(13)10(5)12(14)16-7-9(3)4/h8-9H,5-7H2,1-4H3. The van der Waals surface area contributed by atoms with Gasteiger partial charge in [0.15, 0.2) is 0 Å². The first-order valence-electron chi connectivity index (χ1n) is 5.37. The van der Waals surface area contributed by atoms with E-state index in [1.165, 1.54) is 0 Å². The number of carbonyl (C=O) groups is 2. The van der Waals surface area contributed by atoms with Gasteiger partial charge >= 0.3 is 11.9 Å². The smallest absolute Gasteiger partial charge is 0.344 e. The topological polar surface area (TPSA) is 52.6 Å². The van der Waals surface area contributed by atoms with Crippen LogP contribution in [-0.2, 0) is 19.1 Å².